The van der Waals surface area contributed by atoms with Gasteiger partial charge in [-0.3, -0.25) is 0 Å². The van der Waals surface area contributed by atoms with Crippen LogP contribution >= 0.6 is 0 Å². The highest BCUT2D eigenvalue weighted by molar-refractivity contribution is 6.12. The molecule has 264 valence electrons. The third-order valence-electron chi connectivity index (χ3n) is 11.7. The Hall–Kier alpha value is -7.16. The van der Waals surface area contributed by atoms with Crippen molar-refractivity contribution >= 4 is 49.3 Å². The number of nitrogens with zero attached hydrogens (tertiary/aromatic N) is 2. The molecule has 1 unspecified atom stereocenters. The highest BCUT2D eigenvalue weighted by Gasteiger charge is 2.20. The molecule has 1 aliphatic carbocycles. The standard InChI is InChI=1S/C54H38N2/c1-3-12-37(13-4-1)39-26-30-45(31-27-39)55-51-20-9-7-18-47(51)49-35-43(28-32-53(49)55)40-22-24-41(25-23-40)44-29-33-54-50(36-44)48-19-8-10-21-52(48)56(54)46-17-11-16-42(34-46)38-14-5-2-6-15-38/h1-33,35-36,42H,34H2. The minimum Gasteiger partial charge on any atom is -0.313 e. The van der Waals surface area contributed by atoms with Crippen molar-refractivity contribution in [3.05, 3.63) is 218 Å². The monoisotopic (exact) mass is 714 g/mol. The van der Waals surface area contributed by atoms with Crippen LogP contribution in [-0.2, 0) is 0 Å². The summed E-state index contributed by atoms with van der Waals surface area (Å²) in [6, 6.07) is 70.9. The number of aromatic nitrogens is 2. The number of hydrogen-bond donors (Lipinski definition) is 0. The third-order valence-corrected chi connectivity index (χ3v) is 11.7. The second-order valence-corrected chi connectivity index (χ2v) is 14.9. The molecule has 0 saturated heterocycles. The molecule has 0 bridgehead atoms. The van der Waals surface area contributed by atoms with Crippen LogP contribution in [0.1, 0.15) is 17.9 Å². The average Bonchev–Trinajstić information content (AvgIpc) is 3.79. The lowest BCUT2D eigenvalue weighted by Crippen LogP contribution is -2.05. The molecule has 2 aromatic heterocycles. The average molecular weight is 715 g/mol. The zero-order chi connectivity index (χ0) is 37.0. The van der Waals surface area contributed by atoms with Crippen molar-refractivity contribution in [3.63, 3.8) is 0 Å². The fourth-order valence-corrected chi connectivity index (χ4v) is 8.94. The summed E-state index contributed by atoms with van der Waals surface area (Å²) in [6.45, 7) is 0. The zero-order valence-electron chi connectivity index (χ0n) is 30.9. The van der Waals surface area contributed by atoms with Crippen LogP contribution in [0.3, 0.4) is 0 Å². The van der Waals surface area contributed by atoms with Crippen LogP contribution in [0.4, 0.5) is 0 Å². The molecular formula is C54H38N2. The molecule has 11 rings (SSSR count). The molecular weight excluding hydrogens is 677 g/mol. The van der Waals surface area contributed by atoms with E-state index in [0.29, 0.717) is 5.92 Å². The van der Waals surface area contributed by atoms with Gasteiger partial charge in [-0.05, 0) is 100.0 Å². The van der Waals surface area contributed by atoms with Crippen LogP contribution in [0.2, 0.25) is 0 Å². The molecule has 0 amide bonds. The van der Waals surface area contributed by atoms with Gasteiger partial charge in [0.15, 0.2) is 0 Å². The predicted octanol–water partition coefficient (Wildman–Crippen LogP) is 14.5. The fourth-order valence-electron chi connectivity index (χ4n) is 8.94. The SMILES string of the molecule is C1=CC(c2ccccc2)CC(n2c3ccccc3c3cc(-c4ccc(-c5ccc6c(c5)c5ccccc5n6-c5ccc(-c6ccccc6)cc5)cc4)ccc32)=C1. The van der Waals surface area contributed by atoms with Crippen molar-refractivity contribution in [2.45, 2.75) is 12.3 Å². The summed E-state index contributed by atoms with van der Waals surface area (Å²) in [5.41, 5.74) is 16.1. The quantitative estimate of drug-likeness (QED) is 0.162. The molecule has 0 spiro atoms. The molecule has 0 N–H and O–H groups in total. The van der Waals surface area contributed by atoms with E-state index < -0.39 is 0 Å². The summed E-state index contributed by atoms with van der Waals surface area (Å²) in [5.74, 6) is 0.363. The van der Waals surface area contributed by atoms with Crippen molar-refractivity contribution in [2.75, 3.05) is 0 Å². The minimum absolute atomic E-state index is 0.363. The first-order chi connectivity index (χ1) is 27.8. The highest BCUT2D eigenvalue weighted by atomic mass is 15.0. The van der Waals surface area contributed by atoms with Gasteiger partial charge in [0.2, 0.25) is 0 Å². The van der Waals surface area contributed by atoms with Crippen molar-refractivity contribution in [2.24, 2.45) is 0 Å². The summed E-state index contributed by atoms with van der Waals surface area (Å²) >= 11 is 0. The van der Waals surface area contributed by atoms with Gasteiger partial charge < -0.3 is 9.13 Å². The summed E-state index contributed by atoms with van der Waals surface area (Å²) in [5, 5.41) is 5.09. The van der Waals surface area contributed by atoms with Gasteiger partial charge in [0.1, 0.15) is 0 Å². The zero-order valence-corrected chi connectivity index (χ0v) is 30.9. The number of fused-ring (bicyclic) bond motifs is 6. The van der Waals surface area contributed by atoms with Crippen molar-refractivity contribution in [1.29, 1.82) is 0 Å². The van der Waals surface area contributed by atoms with E-state index in [4.69, 9.17) is 0 Å². The molecule has 1 atom stereocenters. The van der Waals surface area contributed by atoms with Gasteiger partial charge in [0, 0.05) is 38.8 Å². The highest BCUT2D eigenvalue weighted by Crippen LogP contribution is 2.40. The van der Waals surface area contributed by atoms with E-state index in [1.807, 2.05) is 0 Å². The summed E-state index contributed by atoms with van der Waals surface area (Å²) < 4.78 is 4.87. The fraction of sp³-hybridized carbons (Fsp3) is 0.0370. The van der Waals surface area contributed by atoms with Gasteiger partial charge in [-0.25, -0.2) is 0 Å². The maximum Gasteiger partial charge on any atom is 0.0541 e. The summed E-state index contributed by atoms with van der Waals surface area (Å²) in [7, 11) is 0. The van der Waals surface area contributed by atoms with Crippen LogP contribution in [0.15, 0.2) is 212 Å². The summed E-state index contributed by atoms with van der Waals surface area (Å²) in [6.07, 6.45) is 7.81. The van der Waals surface area contributed by atoms with Crippen molar-refractivity contribution in [3.8, 4) is 39.1 Å². The first-order valence-corrected chi connectivity index (χ1v) is 19.5. The molecule has 0 saturated carbocycles. The summed E-state index contributed by atoms with van der Waals surface area (Å²) in [4.78, 5) is 0. The van der Waals surface area contributed by atoms with Gasteiger partial charge >= 0.3 is 0 Å². The second-order valence-electron chi connectivity index (χ2n) is 14.9. The van der Waals surface area contributed by atoms with Gasteiger partial charge in [-0.1, -0.05) is 158 Å². The first kappa shape index (κ1) is 32.3. The lowest BCUT2D eigenvalue weighted by molar-refractivity contribution is 0.837. The van der Waals surface area contributed by atoms with Crippen molar-refractivity contribution < 1.29 is 0 Å². The molecule has 2 nitrogen and oxygen atoms in total. The number of rotatable bonds is 6. The molecule has 2 heterocycles. The maximum absolute atomic E-state index is 2.48. The van der Waals surface area contributed by atoms with E-state index >= 15 is 0 Å². The molecule has 0 aliphatic heterocycles. The van der Waals surface area contributed by atoms with E-state index in [1.165, 1.54) is 88.3 Å². The Morgan fingerprint density at radius 1 is 0.357 bits per heavy atom. The van der Waals surface area contributed by atoms with E-state index in [1.54, 1.807) is 0 Å². The topological polar surface area (TPSA) is 9.86 Å². The van der Waals surface area contributed by atoms with Gasteiger partial charge in [-0.2, -0.15) is 0 Å². The molecule has 10 aromatic rings. The molecule has 2 heteroatoms. The number of hydrogen-bond acceptors (Lipinski definition) is 0. The maximum atomic E-state index is 2.48. The van der Waals surface area contributed by atoms with Crippen molar-refractivity contribution in [1.82, 2.24) is 9.13 Å². The Balaban J connectivity index is 0.929. The Morgan fingerprint density at radius 2 is 0.804 bits per heavy atom. The Kier molecular flexibility index (Phi) is 7.67. The molecule has 0 radical (unpaired) electrons. The van der Waals surface area contributed by atoms with E-state index in [2.05, 4.69) is 221 Å². The number of benzene rings is 8. The molecule has 1 aliphatic rings. The van der Waals surface area contributed by atoms with E-state index in [0.717, 1.165) is 12.1 Å². The normalized spacial score (nSPS) is 14.2. The first-order valence-electron chi connectivity index (χ1n) is 19.5. The van der Waals surface area contributed by atoms with Crippen LogP contribution in [-0.4, -0.2) is 9.13 Å². The third kappa shape index (κ3) is 5.41. The molecule has 0 fully saturated rings. The second kappa shape index (κ2) is 13.3. The lowest BCUT2D eigenvalue weighted by Gasteiger charge is -2.21. The minimum atomic E-state index is 0.363. The van der Waals surface area contributed by atoms with E-state index in [9.17, 15) is 0 Å². The van der Waals surface area contributed by atoms with Crippen LogP contribution in [0.25, 0.3) is 88.4 Å². The van der Waals surface area contributed by atoms with Gasteiger partial charge in [-0.15, -0.1) is 0 Å². The number of allylic oxidation sites excluding steroid dienone is 4. The Labute approximate surface area is 326 Å². The van der Waals surface area contributed by atoms with Gasteiger partial charge in [0.05, 0.1) is 22.1 Å². The molecule has 8 aromatic carbocycles. The van der Waals surface area contributed by atoms with Crippen LogP contribution in [0.5, 0.6) is 0 Å². The predicted molar refractivity (Wildman–Crippen MR) is 237 cm³/mol. The lowest BCUT2D eigenvalue weighted by atomic mass is 9.91. The Morgan fingerprint density at radius 3 is 1.43 bits per heavy atom. The smallest absolute Gasteiger partial charge is 0.0541 e. The Bertz CT molecular complexity index is 3120. The largest absolute Gasteiger partial charge is 0.313 e. The van der Waals surface area contributed by atoms with E-state index in [-0.39, 0.29) is 0 Å². The van der Waals surface area contributed by atoms with Crippen LogP contribution < -0.4 is 0 Å². The van der Waals surface area contributed by atoms with Gasteiger partial charge in [0.25, 0.3) is 0 Å². The van der Waals surface area contributed by atoms with Crippen LogP contribution in [0, 0.1) is 0 Å². The molecule has 56 heavy (non-hydrogen) atoms. The number of para-hydroxylation sites is 2.